The van der Waals surface area contributed by atoms with Crippen LogP contribution in [0.2, 0.25) is 0 Å². The number of hydrogen-bond donors (Lipinski definition) is 1. The number of nitrogens with one attached hydrogen (secondary N) is 1. The molecule has 0 amide bonds. The molecule has 120 valence electrons. The lowest BCUT2D eigenvalue weighted by Gasteiger charge is -2.19. The summed E-state index contributed by atoms with van der Waals surface area (Å²) in [5.41, 5.74) is 1.49. The van der Waals surface area contributed by atoms with Gasteiger partial charge >= 0.3 is 6.18 Å². The van der Waals surface area contributed by atoms with E-state index in [1.54, 1.807) is 13.0 Å². The van der Waals surface area contributed by atoms with Crippen molar-refractivity contribution in [1.29, 1.82) is 0 Å². The Labute approximate surface area is 127 Å². The molecule has 0 radical (unpaired) electrons. The number of benzene rings is 1. The van der Waals surface area contributed by atoms with E-state index in [1.807, 2.05) is 13.8 Å². The van der Waals surface area contributed by atoms with Crippen LogP contribution in [0.5, 0.6) is 0 Å². The molecule has 0 bridgehead atoms. The largest absolute Gasteiger partial charge is 0.416 e. The van der Waals surface area contributed by atoms with Gasteiger partial charge in [0.1, 0.15) is 5.76 Å². The normalized spacial score (nSPS) is 13.4. The second kappa shape index (κ2) is 6.52. The Hall–Kier alpha value is -1.82. The van der Waals surface area contributed by atoms with Crippen molar-refractivity contribution in [2.45, 2.75) is 39.4 Å². The summed E-state index contributed by atoms with van der Waals surface area (Å²) in [5.74, 6) is 0.752. The van der Waals surface area contributed by atoms with Crippen molar-refractivity contribution in [3.63, 3.8) is 0 Å². The Morgan fingerprint density at radius 1 is 1.23 bits per heavy atom. The van der Waals surface area contributed by atoms with Gasteiger partial charge in [0.05, 0.1) is 11.3 Å². The van der Waals surface area contributed by atoms with E-state index in [4.69, 9.17) is 4.52 Å². The molecule has 0 aliphatic carbocycles. The summed E-state index contributed by atoms with van der Waals surface area (Å²) < 4.78 is 44.1. The highest BCUT2D eigenvalue weighted by molar-refractivity contribution is 5.32. The van der Waals surface area contributed by atoms with Crippen LogP contribution in [0.15, 0.2) is 28.8 Å². The molecule has 1 N–H and O–H groups in total. The summed E-state index contributed by atoms with van der Waals surface area (Å²) in [7, 11) is 0. The van der Waals surface area contributed by atoms with Crippen LogP contribution in [-0.4, -0.2) is 11.7 Å². The summed E-state index contributed by atoms with van der Waals surface area (Å²) in [6, 6.07) is 5.26. The number of rotatable bonds is 5. The molecule has 3 nitrogen and oxygen atoms in total. The molecule has 1 aromatic carbocycles. The molecule has 0 saturated carbocycles. The lowest BCUT2D eigenvalue weighted by Crippen LogP contribution is -2.24. The molecular formula is C16H19F3N2O. The molecule has 0 aliphatic rings. The first-order valence-electron chi connectivity index (χ1n) is 7.12. The number of nitrogens with zero attached hydrogens (tertiary/aromatic N) is 1. The molecule has 0 spiro atoms. The molecule has 1 aromatic heterocycles. The first kappa shape index (κ1) is 16.5. The highest BCUT2D eigenvalue weighted by Gasteiger charge is 2.33. The summed E-state index contributed by atoms with van der Waals surface area (Å²) >= 11 is 0. The number of hydrogen-bond acceptors (Lipinski definition) is 3. The van der Waals surface area contributed by atoms with Gasteiger partial charge in [-0.25, -0.2) is 0 Å². The van der Waals surface area contributed by atoms with E-state index in [9.17, 15) is 13.2 Å². The molecule has 1 heterocycles. The van der Waals surface area contributed by atoms with Crippen LogP contribution >= 0.6 is 0 Å². The van der Waals surface area contributed by atoms with Gasteiger partial charge in [-0.3, -0.25) is 0 Å². The zero-order chi connectivity index (χ0) is 16.3. The van der Waals surface area contributed by atoms with Gasteiger partial charge in [0, 0.05) is 11.6 Å². The fraction of sp³-hybridized carbons (Fsp3) is 0.438. The van der Waals surface area contributed by atoms with Crippen molar-refractivity contribution >= 4 is 0 Å². The highest BCUT2D eigenvalue weighted by Crippen LogP contribution is 2.34. The standard InChI is InChI=1S/C16H19F3N2O/c1-10(14-6-4-5-7-15(14)16(17,18)19)20-9-8-13-11(2)21-22-12(13)3/h4-7,10,20H,8-9H2,1-3H3/t10-/m0/s1. The van der Waals surface area contributed by atoms with E-state index < -0.39 is 17.8 Å². The van der Waals surface area contributed by atoms with E-state index in [-0.39, 0.29) is 5.56 Å². The minimum atomic E-state index is -4.34. The van der Waals surface area contributed by atoms with E-state index >= 15 is 0 Å². The van der Waals surface area contributed by atoms with Crippen molar-refractivity contribution in [2.75, 3.05) is 6.54 Å². The Balaban J connectivity index is 2.03. The van der Waals surface area contributed by atoms with Crippen molar-refractivity contribution in [2.24, 2.45) is 0 Å². The molecule has 0 fully saturated rings. The third-order valence-corrected chi connectivity index (χ3v) is 3.74. The predicted molar refractivity (Wildman–Crippen MR) is 77.5 cm³/mol. The Morgan fingerprint density at radius 2 is 1.91 bits per heavy atom. The third-order valence-electron chi connectivity index (χ3n) is 3.74. The molecule has 2 rings (SSSR count). The fourth-order valence-corrected chi connectivity index (χ4v) is 2.52. The van der Waals surface area contributed by atoms with Crippen LogP contribution in [0.1, 0.15) is 41.1 Å². The Kier molecular flexibility index (Phi) is 4.90. The number of aryl methyl sites for hydroxylation is 2. The fourth-order valence-electron chi connectivity index (χ4n) is 2.52. The molecule has 0 unspecified atom stereocenters. The average molecular weight is 312 g/mol. The second-order valence-electron chi connectivity index (χ2n) is 5.31. The molecule has 22 heavy (non-hydrogen) atoms. The summed E-state index contributed by atoms with van der Waals surface area (Å²) in [4.78, 5) is 0. The average Bonchev–Trinajstić information content (AvgIpc) is 2.78. The maximum absolute atomic E-state index is 13.0. The maximum atomic E-state index is 13.0. The van der Waals surface area contributed by atoms with Crippen LogP contribution in [0.4, 0.5) is 13.2 Å². The predicted octanol–water partition coefficient (Wildman–Crippen LogP) is 4.20. The van der Waals surface area contributed by atoms with Crippen LogP contribution in [0.25, 0.3) is 0 Å². The number of alkyl halides is 3. The van der Waals surface area contributed by atoms with Gasteiger partial charge in [0.15, 0.2) is 0 Å². The highest BCUT2D eigenvalue weighted by atomic mass is 19.4. The van der Waals surface area contributed by atoms with Crippen molar-refractivity contribution in [1.82, 2.24) is 10.5 Å². The van der Waals surface area contributed by atoms with Gasteiger partial charge in [-0.05, 0) is 45.4 Å². The van der Waals surface area contributed by atoms with Gasteiger partial charge in [-0.15, -0.1) is 0 Å². The molecular weight excluding hydrogens is 293 g/mol. The Bertz CT molecular complexity index is 615. The smallest absolute Gasteiger partial charge is 0.361 e. The topological polar surface area (TPSA) is 38.1 Å². The second-order valence-corrected chi connectivity index (χ2v) is 5.31. The SMILES string of the molecule is Cc1noc(C)c1CCN[C@@H](C)c1ccccc1C(F)(F)F. The summed E-state index contributed by atoms with van der Waals surface area (Å²) in [5, 5.41) is 7.00. The van der Waals surface area contributed by atoms with Crippen molar-refractivity contribution in [3.8, 4) is 0 Å². The zero-order valence-corrected chi connectivity index (χ0v) is 12.8. The summed E-state index contributed by atoms with van der Waals surface area (Å²) in [6.45, 7) is 5.97. The van der Waals surface area contributed by atoms with Gasteiger partial charge in [0.25, 0.3) is 0 Å². The molecule has 0 saturated heterocycles. The van der Waals surface area contributed by atoms with Crippen LogP contribution in [0.3, 0.4) is 0 Å². The monoisotopic (exact) mass is 312 g/mol. The lowest BCUT2D eigenvalue weighted by atomic mass is 10.0. The van der Waals surface area contributed by atoms with Gasteiger partial charge in [0.2, 0.25) is 0 Å². The van der Waals surface area contributed by atoms with E-state index in [0.29, 0.717) is 13.0 Å². The number of aromatic nitrogens is 1. The molecule has 1 atom stereocenters. The van der Waals surface area contributed by atoms with Crippen LogP contribution < -0.4 is 5.32 Å². The zero-order valence-electron chi connectivity index (χ0n) is 12.8. The van der Waals surface area contributed by atoms with Gasteiger partial charge in [-0.2, -0.15) is 13.2 Å². The van der Waals surface area contributed by atoms with E-state index in [0.717, 1.165) is 23.1 Å². The molecule has 6 heteroatoms. The van der Waals surface area contributed by atoms with Crippen LogP contribution in [0, 0.1) is 13.8 Å². The molecule has 2 aromatic rings. The van der Waals surface area contributed by atoms with Crippen molar-refractivity contribution < 1.29 is 17.7 Å². The lowest BCUT2D eigenvalue weighted by molar-refractivity contribution is -0.138. The van der Waals surface area contributed by atoms with Gasteiger partial charge < -0.3 is 9.84 Å². The minimum absolute atomic E-state index is 0.258. The number of halogens is 3. The maximum Gasteiger partial charge on any atom is 0.416 e. The molecule has 0 aliphatic heterocycles. The Morgan fingerprint density at radius 3 is 2.50 bits per heavy atom. The van der Waals surface area contributed by atoms with Gasteiger partial charge in [-0.1, -0.05) is 23.4 Å². The van der Waals surface area contributed by atoms with Crippen LogP contribution in [-0.2, 0) is 12.6 Å². The van der Waals surface area contributed by atoms with E-state index in [2.05, 4.69) is 10.5 Å². The summed E-state index contributed by atoms with van der Waals surface area (Å²) in [6.07, 6.45) is -3.67. The van der Waals surface area contributed by atoms with Crippen molar-refractivity contribution in [3.05, 3.63) is 52.4 Å². The first-order chi connectivity index (χ1) is 10.3. The first-order valence-corrected chi connectivity index (χ1v) is 7.12. The quantitative estimate of drug-likeness (QED) is 0.899. The minimum Gasteiger partial charge on any atom is -0.361 e. The van der Waals surface area contributed by atoms with E-state index in [1.165, 1.54) is 12.1 Å². The third kappa shape index (κ3) is 3.68.